The summed E-state index contributed by atoms with van der Waals surface area (Å²) in [5.74, 6) is 0. The maximum atomic E-state index is 10.7. The van der Waals surface area contributed by atoms with E-state index in [1.165, 1.54) is 14.2 Å². The van der Waals surface area contributed by atoms with Gasteiger partial charge in [-0.25, -0.2) is 0 Å². The Morgan fingerprint density at radius 1 is 0.577 bits per heavy atom. The zero-order chi connectivity index (χ0) is 19.4. The summed E-state index contributed by atoms with van der Waals surface area (Å²) < 4.78 is 53.2. The first-order valence-electron chi connectivity index (χ1n) is 7.81. The molecule has 2 aliphatic rings. The standard InChI is InChI=1S/C9H28O10Si6.CH4/c1-11-22(7)13-20(3,4)14-23(8)15-21(5,6)16-25(10,12-2)19-24(9,17-22)18-23;/h10H,1-9H3;1H4. The van der Waals surface area contributed by atoms with Gasteiger partial charge in [0.05, 0.1) is 0 Å². The molecule has 16 heteroatoms. The van der Waals surface area contributed by atoms with Gasteiger partial charge in [-0.3, -0.25) is 0 Å². The Kier molecular flexibility index (Phi) is 7.31. The quantitative estimate of drug-likeness (QED) is 0.586. The van der Waals surface area contributed by atoms with Gasteiger partial charge in [-0.1, -0.05) is 7.43 Å². The van der Waals surface area contributed by atoms with Gasteiger partial charge in [-0.05, 0) is 26.2 Å². The molecule has 0 aliphatic carbocycles. The summed E-state index contributed by atoms with van der Waals surface area (Å²) in [6, 6.07) is 0. The van der Waals surface area contributed by atoms with Crippen molar-refractivity contribution in [3.8, 4) is 0 Å². The van der Waals surface area contributed by atoms with Crippen molar-refractivity contribution in [2.75, 3.05) is 14.2 Å². The number of hydrogen-bond donors (Lipinski definition) is 1. The summed E-state index contributed by atoms with van der Waals surface area (Å²) >= 11 is 0. The predicted octanol–water partition coefficient (Wildman–Crippen LogP) is 1.60. The van der Waals surface area contributed by atoms with Gasteiger partial charge >= 0.3 is 52.6 Å². The molecule has 2 heterocycles. The minimum Gasteiger partial charge on any atom is -0.395 e. The van der Waals surface area contributed by atoms with Crippen LogP contribution in [0.2, 0.25) is 45.8 Å². The Bertz CT molecular complexity index is 487. The van der Waals surface area contributed by atoms with Crippen LogP contribution in [0.1, 0.15) is 7.43 Å². The highest BCUT2D eigenvalue weighted by Gasteiger charge is 2.67. The largest absolute Gasteiger partial charge is 0.660 e. The topological polar surface area (TPSA) is 103 Å². The van der Waals surface area contributed by atoms with Crippen molar-refractivity contribution in [2.24, 2.45) is 0 Å². The molecule has 0 aromatic heterocycles. The zero-order valence-electron chi connectivity index (χ0n) is 16.1. The van der Waals surface area contributed by atoms with Gasteiger partial charge in [0.1, 0.15) is 0 Å². The molecule has 0 spiro atoms. The Morgan fingerprint density at radius 3 is 1.50 bits per heavy atom. The first-order valence-corrected chi connectivity index (χ1v) is 21.8. The summed E-state index contributed by atoms with van der Waals surface area (Å²) in [4.78, 5) is 10.7. The van der Waals surface area contributed by atoms with Crippen LogP contribution in [0.5, 0.6) is 0 Å². The molecule has 2 rings (SSSR count). The second kappa shape index (κ2) is 7.62. The van der Waals surface area contributed by atoms with Crippen molar-refractivity contribution in [1.82, 2.24) is 0 Å². The average Bonchev–Trinajstić information content (AvgIpc) is 2.30. The zero-order valence-corrected chi connectivity index (χ0v) is 22.1. The lowest BCUT2D eigenvalue weighted by atomic mass is 11.8. The molecule has 2 saturated heterocycles. The van der Waals surface area contributed by atoms with E-state index in [1.807, 2.05) is 13.1 Å². The molecule has 2 aliphatic heterocycles. The van der Waals surface area contributed by atoms with E-state index in [9.17, 15) is 4.80 Å². The van der Waals surface area contributed by atoms with Gasteiger partial charge in [-0.15, -0.1) is 0 Å². The number of rotatable bonds is 2. The molecule has 156 valence electrons. The van der Waals surface area contributed by atoms with Crippen LogP contribution in [-0.4, -0.2) is 71.6 Å². The van der Waals surface area contributed by atoms with Crippen molar-refractivity contribution >= 4 is 52.6 Å². The molecule has 10 nitrogen and oxygen atoms in total. The molecular formula is C10H32O10Si6. The summed E-state index contributed by atoms with van der Waals surface area (Å²) in [6.07, 6.45) is 0. The summed E-state index contributed by atoms with van der Waals surface area (Å²) in [5.41, 5.74) is 0. The molecule has 0 amide bonds. The average molecular weight is 481 g/mol. The van der Waals surface area contributed by atoms with Gasteiger partial charge in [0, 0.05) is 33.9 Å². The SMILES string of the molecule is C.CO[Si]1(C)O[Si](C)(C)O[Si]2(C)O[Si](C)(C)O[Si](O)(OC)O[Si](C)(O1)O2. The highest BCUT2D eigenvalue weighted by molar-refractivity contribution is 6.94. The Labute approximate surface area is 162 Å². The molecule has 0 radical (unpaired) electrons. The first kappa shape index (κ1) is 24.9. The molecule has 0 aromatic rings. The van der Waals surface area contributed by atoms with Gasteiger partial charge in [0.2, 0.25) is 0 Å². The molecule has 4 unspecified atom stereocenters. The lowest BCUT2D eigenvalue weighted by molar-refractivity contribution is 0.0255. The van der Waals surface area contributed by atoms with Crippen LogP contribution < -0.4 is 0 Å². The third-order valence-electron chi connectivity index (χ3n) is 3.35. The fraction of sp³-hybridized carbons (Fsp3) is 1.00. The molecule has 1 N–H and O–H groups in total. The monoisotopic (exact) mass is 480 g/mol. The van der Waals surface area contributed by atoms with Crippen LogP contribution in [0.25, 0.3) is 0 Å². The lowest BCUT2D eigenvalue weighted by Crippen LogP contribution is -2.75. The van der Waals surface area contributed by atoms with Crippen molar-refractivity contribution in [3.63, 3.8) is 0 Å². The first-order chi connectivity index (χ1) is 11.1. The van der Waals surface area contributed by atoms with Gasteiger partial charge in [0.25, 0.3) is 0 Å². The van der Waals surface area contributed by atoms with E-state index in [2.05, 4.69) is 0 Å². The van der Waals surface area contributed by atoms with Crippen molar-refractivity contribution < 1.29 is 42.5 Å². The van der Waals surface area contributed by atoms with E-state index in [0.29, 0.717) is 0 Å². The smallest absolute Gasteiger partial charge is 0.395 e. The van der Waals surface area contributed by atoms with Crippen LogP contribution >= 0.6 is 0 Å². The lowest BCUT2D eigenvalue weighted by Gasteiger charge is -2.50. The van der Waals surface area contributed by atoms with Gasteiger partial charge in [-0.2, -0.15) is 0 Å². The molecule has 4 atom stereocenters. The van der Waals surface area contributed by atoms with Crippen molar-refractivity contribution in [3.05, 3.63) is 0 Å². The third kappa shape index (κ3) is 5.95. The van der Waals surface area contributed by atoms with E-state index in [0.717, 1.165) is 0 Å². The Balaban J connectivity index is 0.00000338. The van der Waals surface area contributed by atoms with Crippen LogP contribution in [0.4, 0.5) is 0 Å². The van der Waals surface area contributed by atoms with Gasteiger partial charge in [0.15, 0.2) is 0 Å². The van der Waals surface area contributed by atoms with Crippen molar-refractivity contribution in [2.45, 2.75) is 53.3 Å². The molecular weight excluding hydrogens is 449 g/mol. The number of fused-ring (bicyclic) bond motifs is 2. The Morgan fingerprint density at radius 2 is 1.04 bits per heavy atom. The summed E-state index contributed by atoms with van der Waals surface area (Å²) in [6.45, 7) is 12.4. The minimum absolute atomic E-state index is 0. The minimum atomic E-state index is -4.03. The Hall–Kier alpha value is 0.901. The fourth-order valence-corrected chi connectivity index (χ4v) is 30.1. The maximum Gasteiger partial charge on any atom is 0.660 e. The predicted molar refractivity (Wildman–Crippen MR) is 106 cm³/mol. The molecule has 0 aromatic carbocycles. The molecule has 2 bridgehead atoms. The second-order valence-electron chi connectivity index (χ2n) is 7.03. The second-order valence-corrected chi connectivity index (χ2v) is 25.4. The van der Waals surface area contributed by atoms with E-state index in [1.54, 1.807) is 32.7 Å². The van der Waals surface area contributed by atoms with E-state index in [4.69, 9.17) is 37.7 Å². The summed E-state index contributed by atoms with van der Waals surface area (Å²) in [5, 5.41) is 0. The van der Waals surface area contributed by atoms with Gasteiger partial charge < -0.3 is 42.5 Å². The van der Waals surface area contributed by atoms with Crippen LogP contribution in [0.15, 0.2) is 0 Å². The highest BCUT2D eigenvalue weighted by Crippen LogP contribution is 2.37. The molecule has 2 fully saturated rings. The van der Waals surface area contributed by atoms with Crippen LogP contribution in [0, 0.1) is 0 Å². The van der Waals surface area contributed by atoms with Crippen LogP contribution in [0.3, 0.4) is 0 Å². The van der Waals surface area contributed by atoms with E-state index in [-0.39, 0.29) is 7.43 Å². The normalized spacial score (nSPS) is 45.5. The third-order valence-corrected chi connectivity index (χ3v) is 26.4. The van der Waals surface area contributed by atoms with E-state index < -0.39 is 52.6 Å². The summed E-state index contributed by atoms with van der Waals surface area (Å²) in [7, 11) is -16.7. The van der Waals surface area contributed by atoms with E-state index >= 15 is 0 Å². The molecule has 0 saturated carbocycles. The van der Waals surface area contributed by atoms with Crippen LogP contribution in [-0.2, 0) is 37.7 Å². The van der Waals surface area contributed by atoms with Crippen molar-refractivity contribution in [1.29, 1.82) is 0 Å². The fourth-order valence-electron chi connectivity index (χ4n) is 2.93. The number of hydrogen-bond acceptors (Lipinski definition) is 10. The molecule has 26 heavy (non-hydrogen) atoms. The highest BCUT2D eigenvalue weighted by atomic mass is 28.6. The maximum absolute atomic E-state index is 10.7.